The third-order valence-corrected chi connectivity index (χ3v) is 2.40. The molecule has 6 nitrogen and oxygen atoms in total. The minimum absolute atomic E-state index is 0.222. The molecule has 102 valence electrons. The zero-order valence-corrected chi connectivity index (χ0v) is 11.1. The topological polar surface area (TPSA) is 76.1 Å². The van der Waals surface area contributed by atoms with Crippen molar-refractivity contribution in [2.75, 3.05) is 13.7 Å². The number of carbonyl (C=O) groups excluding carboxylic acids is 1. The van der Waals surface area contributed by atoms with Crippen LogP contribution >= 0.6 is 0 Å². The number of hydrogen-bond donors (Lipinski definition) is 1. The lowest BCUT2D eigenvalue weighted by molar-refractivity contribution is -0.142. The molecule has 1 aliphatic rings. The van der Waals surface area contributed by atoms with E-state index in [1.165, 1.54) is 18.3 Å². The Morgan fingerprint density at radius 1 is 1.44 bits per heavy atom. The van der Waals surface area contributed by atoms with E-state index in [9.17, 15) is 9.59 Å². The fourth-order valence-corrected chi connectivity index (χ4v) is 1.74. The number of carboxylic acids is 1. The lowest BCUT2D eigenvalue weighted by Crippen LogP contribution is -2.43. The number of nitrogens with zero attached hydrogens (tertiary/aromatic N) is 1. The second-order valence-corrected chi connectivity index (χ2v) is 5.18. The van der Waals surface area contributed by atoms with Gasteiger partial charge in [0, 0.05) is 13.0 Å². The van der Waals surface area contributed by atoms with Crippen LogP contribution in [0, 0.1) is 0 Å². The van der Waals surface area contributed by atoms with Crippen LogP contribution in [0.15, 0.2) is 11.8 Å². The van der Waals surface area contributed by atoms with Crippen LogP contribution in [0.5, 0.6) is 0 Å². The summed E-state index contributed by atoms with van der Waals surface area (Å²) in [7, 11) is 1.49. The molecule has 0 aromatic rings. The van der Waals surface area contributed by atoms with Gasteiger partial charge in [-0.3, -0.25) is 4.90 Å². The van der Waals surface area contributed by atoms with Crippen molar-refractivity contribution in [1.29, 1.82) is 0 Å². The summed E-state index contributed by atoms with van der Waals surface area (Å²) >= 11 is 0. The highest BCUT2D eigenvalue weighted by Gasteiger charge is 2.39. The number of amides is 1. The quantitative estimate of drug-likeness (QED) is 0.760. The molecule has 1 saturated heterocycles. The molecule has 0 unspecified atom stereocenters. The first-order valence-corrected chi connectivity index (χ1v) is 5.67. The molecule has 1 aliphatic heterocycles. The van der Waals surface area contributed by atoms with Gasteiger partial charge in [0.2, 0.25) is 0 Å². The van der Waals surface area contributed by atoms with Crippen LogP contribution in [-0.2, 0) is 14.3 Å². The smallest absolute Gasteiger partial charge is 0.411 e. The van der Waals surface area contributed by atoms with Crippen LogP contribution < -0.4 is 0 Å². The maximum Gasteiger partial charge on any atom is 0.411 e. The van der Waals surface area contributed by atoms with Crippen LogP contribution in [0.25, 0.3) is 0 Å². The Balaban J connectivity index is 2.82. The number of carbonyl (C=O) groups is 2. The third kappa shape index (κ3) is 3.65. The van der Waals surface area contributed by atoms with Gasteiger partial charge in [-0.15, -0.1) is 0 Å². The molecule has 6 heteroatoms. The maximum absolute atomic E-state index is 11.9. The molecule has 0 aromatic carbocycles. The van der Waals surface area contributed by atoms with Gasteiger partial charge in [0.1, 0.15) is 11.6 Å². The Hall–Kier alpha value is -1.72. The fraction of sp³-hybridized carbons (Fsp3) is 0.667. The van der Waals surface area contributed by atoms with Crippen molar-refractivity contribution in [2.24, 2.45) is 0 Å². The molecule has 1 rings (SSSR count). The van der Waals surface area contributed by atoms with Crippen LogP contribution in [0.4, 0.5) is 4.79 Å². The molecular formula is C12H19NO5. The van der Waals surface area contributed by atoms with E-state index in [-0.39, 0.29) is 13.0 Å². The summed E-state index contributed by atoms with van der Waals surface area (Å²) in [5.74, 6) is -1.04. The van der Waals surface area contributed by atoms with Crippen LogP contribution in [0.3, 0.4) is 0 Å². The molecule has 0 bridgehead atoms. The number of hydrogen-bond acceptors (Lipinski definition) is 4. The first-order valence-electron chi connectivity index (χ1n) is 5.67. The number of aliphatic carboxylic acids is 1. The van der Waals surface area contributed by atoms with Gasteiger partial charge in [-0.1, -0.05) is 0 Å². The van der Waals surface area contributed by atoms with Crippen LogP contribution in [0.2, 0.25) is 0 Å². The largest absolute Gasteiger partial charge is 0.504 e. The normalized spacial score (nSPS) is 22.1. The van der Waals surface area contributed by atoms with Crippen LogP contribution in [-0.4, -0.2) is 47.4 Å². The van der Waals surface area contributed by atoms with E-state index in [1.807, 2.05) is 0 Å². The van der Waals surface area contributed by atoms with Gasteiger partial charge in [-0.25, -0.2) is 9.59 Å². The molecule has 1 amide bonds. The van der Waals surface area contributed by atoms with Gasteiger partial charge in [0.15, 0.2) is 0 Å². The molecular weight excluding hydrogens is 238 g/mol. The van der Waals surface area contributed by atoms with Crippen molar-refractivity contribution in [3.63, 3.8) is 0 Å². The standard InChI is InChI=1S/C12H19NO5/c1-12(2,3)18-11(16)13-6-8(7-17-4)5-9(13)10(14)15/h7,9H,5-6H2,1-4H3,(H,14,15)/b8-7-/t9-/m0/s1. The van der Waals surface area contributed by atoms with Crippen molar-refractivity contribution >= 4 is 12.1 Å². The van der Waals surface area contributed by atoms with E-state index in [2.05, 4.69) is 0 Å². The second-order valence-electron chi connectivity index (χ2n) is 5.18. The van der Waals surface area contributed by atoms with Crippen molar-refractivity contribution < 1.29 is 24.2 Å². The lowest BCUT2D eigenvalue weighted by atomic mass is 10.2. The Morgan fingerprint density at radius 2 is 2.06 bits per heavy atom. The van der Waals surface area contributed by atoms with Crippen molar-refractivity contribution in [1.82, 2.24) is 4.90 Å². The molecule has 1 N–H and O–H groups in total. The molecule has 1 atom stereocenters. The number of ether oxygens (including phenoxy) is 2. The maximum atomic E-state index is 11.9. The molecule has 0 aromatic heterocycles. The van der Waals surface area contributed by atoms with Crippen molar-refractivity contribution in [2.45, 2.75) is 38.8 Å². The summed E-state index contributed by atoms with van der Waals surface area (Å²) in [4.78, 5) is 24.2. The highest BCUT2D eigenvalue weighted by Crippen LogP contribution is 2.25. The molecule has 1 heterocycles. The zero-order valence-electron chi connectivity index (χ0n) is 11.1. The molecule has 0 spiro atoms. The summed E-state index contributed by atoms with van der Waals surface area (Å²) in [5, 5.41) is 9.10. The first-order chi connectivity index (χ1) is 8.24. The number of rotatable bonds is 2. The summed E-state index contributed by atoms with van der Waals surface area (Å²) in [6, 6.07) is -0.888. The molecule has 0 radical (unpaired) electrons. The summed E-state index contributed by atoms with van der Waals surface area (Å²) in [6.07, 6.45) is 1.12. The predicted molar refractivity (Wildman–Crippen MR) is 64.1 cm³/mol. The average molecular weight is 257 g/mol. The Morgan fingerprint density at radius 3 is 2.50 bits per heavy atom. The molecule has 18 heavy (non-hydrogen) atoms. The van der Waals surface area contributed by atoms with E-state index in [1.54, 1.807) is 20.8 Å². The highest BCUT2D eigenvalue weighted by molar-refractivity contribution is 5.82. The van der Waals surface area contributed by atoms with E-state index < -0.39 is 23.7 Å². The van der Waals surface area contributed by atoms with Crippen molar-refractivity contribution in [3.05, 3.63) is 11.8 Å². The Kier molecular flexibility index (Phi) is 4.21. The van der Waals surface area contributed by atoms with Gasteiger partial charge in [-0.05, 0) is 26.3 Å². The van der Waals surface area contributed by atoms with Gasteiger partial charge < -0.3 is 14.6 Å². The number of methoxy groups -OCH3 is 1. The second kappa shape index (κ2) is 5.29. The predicted octanol–water partition coefficient (Wildman–Crippen LogP) is 1.61. The number of likely N-dealkylation sites (tertiary alicyclic amines) is 1. The minimum Gasteiger partial charge on any atom is -0.504 e. The SMILES string of the molecule is CO/C=C1/C[C@@H](C(=O)O)N(C(=O)OC(C)(C)C)C1. The van der Waals surface area contributed by atoms with Gasteiger partial charge >= 0.3 is 12.1 Å². The molecule has 1 fully saturated rings. The van der Waals surface area contributed by atoms with Gasteiger partial charge in [0.05, 0.1) is 13.4 Å². The van der Waals surface area contributed by atoms with Crippen LogP contribution in [0.1, 0.15) is 27.2 Å². The third-order valence-electron chi connectivity index (χ3n) is 2.40. The molecule has 0 saturated carbocycles. The summed E-state index contributed by atoms with van der Waals surface area (Å²) in [5.41, 5.74) is 0.115. The van der Waals surface area contributed by atoms with E-state index in [4.69, 9.17) is 14.6 Å². The lowest BCUT2D eigenvalue weighted by Gasteiger charge is -2.26. The van der Waals surface area contributed by atoms with Crippen molar-refractivity contribution in [3.8, 4) is 0 Å². The Labute approximate surface area is 106 Å². The van der Waals surface area contributed by atoms with E-state index in [0.717, 1.165) is 5.57 Å². The van der Waals surface area contributed by atoms with E-state index >= 15 is 0 Å². The van der Waals surface area contributed by atoms with Gasteiger partial charge in [-0.2, -0.15) is 0 Å². The molecule has 0 aliphatic carbocycles. The van der Waals surface area contributed by atoms with Gasteiger partial charge in [0.25, 0.3) is 0 Å². The monoisotopic (exact) mass is 257 g/mol. The van der Waals surface area contributed by atoms with E-state index in [0.29, 0.717) is 0 Å². The first kappa shape index (κ1) is 14.3. The summed E-state index contributed by atoms with van der Waals surface area (Å²) < 4.78 is 10.0. The Bertz CT molecular complexity index is 369. The zero-order chi connectivity index (χ0) is 13.9. The number of carboxylic acid groups (broad SMARTS) is 1. The minimum atomic E-state index is -1.04. The highest BCUT2D eigenvalue weighted by atomic mass is 16.6. The summed E-state index contributed by atoms with van der Waals surface area (Å²) in [6.45, 7) is 5.44. The fourth-order valence-electron chi connectivity index (χ4n) is 1.74. The average Bonchev–Trinajstić information content (AvgIpc) is 2.59.